The number of aliphatic hydroxyl groups excluding tert-OH is 1. The molecule has 0 fully saturated rings. The van der Waals surface area contributed by atoms with Crippen molar-refractivity contribution < 1.29 is 24.2 Å². The first-order valence-corrected chi connectivity index (χ1v) is 13.6. The van der Waals surface area contributed by atoms with E-state index in [9.17, 15) is 19.5 Å². The van der Waals surface area contributed by atoms with E-state index in [2.05, 4.69) is 10.6 Å². The van der Waals surface area contributed by atoms with Crippen LogP contribution in [0.5, 0.6) is 0 Å². The second-order valence-electron chi connectivity index (χ2n) is 11.5. The summed E-state index contributed by atoms with van der Waals surface area (Å²) in [5, 5.41) is 17.7. The van der Waals surface area contributed by atoms with Crippen LogP contribution in [0.1, 0.15) is 58.2 Å². The van der Waals surface area contributed by atoms with Crippen LogP contribution < -0.4 is 10.6 Å². The van der Waals surface area contributed by atoms with Gasteiger partial charge in [-0.3, -0.25) is 9.59 Å². The smallest absolute Gasteiger partial charge is 0.408 e. The van der Waals surface area contributed by atoms with E-state index in [1.807, 2.05) is 81.4 Å². The number of carbonyl (C=O) groups excluding carboxylic acids is 3. The van der Waals surface area contributed by atoms with Crippen LogP contribution in [0.25, 0.3) is 10.8 Å². The normalized spacial score (nSPS) is 13.0. The van der Waals surface area contributed by atoms with Gasteiger partial charge in [-0.05, 0) is 68.5 Å². The van der Waals surface area contributed by atoms with E-state index in [1.165, 1.54) is 4.90 Å². The fourth-order valence-electron chi connectivity index (χ4n) is 4.61. The topological polar surface area (TPSA) is 108 Å². The highest BCUT2D eigenvalue weighted by Crippen LogP contribution is 2.27. The highest BCUT2D eigenvalue weighted by molar-refractivity contribution is 6.00. The minimum absolute atomic E-state index is 0.0590. The average Bonchev–Trinajstić information content (AvgIpc) is 2.86. The first kappa shape index (κ1) is 30.6. The lowest BCUT2D eigenvalue weighted by Gasteiger charge is -2.34. The zero-order chi connectivity index (χ0) is 29.4. The Balaban J connectivity index is 2.00. The number of alkyl carbamates (subject to hydrolysis) is 1. The summed E-state index contributed by atoms with van der Waals surface area (Å²) in [4.78, 5) is 42.0. The number of fused-ring (bicyclic) bond motifs is 1. The molecule has 3 amide bonds. The summed E-state index contributed by atoms with van der Waals surface area (Å²) in [6.45, 7) is 10.6. The molecule has 0 spiro atoms. The third-order valence-electron chi connectivity index (χ3n) is 6.26. The summed E-state index contributed by atoms with van der Waals surface area (Å²) >= 11 is 0. The van der Waals surface area contributed by atoms with Crippen LogP contribution in [0.3, 0.4) is 0 Å². The molecule has 214 valence electrons. The minimum Gasteiger partial charge on any atom is -0.444 e. The van der Waals surface area contributed by atoms with Gasteiger partial charge >= 0.3 is 6.09 Å². The summed E-state index contributed by atoms with van der Waals surface area (Å²) in [7, 11) is 0. The van der Waals surface area contributed by atoms with Crippen molar-refractivity contribution in [3.8, 4) is 0 Å². The maximum absolute atomic E-state index is 14.1. The maximum Gasteiger partial charge on any atom is 0.408 e. The van der Waals surface area contributed by atoms with Gasteiger partial charge in [-0.1, -0.05) is 74.0 Å². The molecule has 0 aromatic heterocycles. The molecule has 2 atom stereocenters. The van der Waals surface area contributed by atoms with Crippen LogP contribution in [0.15, 0.2) is 66.7 Å². The molecular formula is C32H41N3O5. The van der Waals surface area contributed by atoms with Gasteiger partial charge < -0.3 is 25.4 Å². The lowest BCUT2D eigenvalue weighted by molar-refractivity contribution is -0.141. The van der Waals surface area contributed by atoms with Gasteiger partial charge in [-0.15, -0.1) is 0 Å². The number of benzene rings is 3. The molecule has 0 saturated heterocycles. The van der Waals surface area contributed by atoms with Crippen LogP contribution in [0, 0.1) is 12.8 Å². The van der Waals surface area contributed by atoms with Crippen molar-refractivity contribution in [1.29, 1.82) is 0 Å². The van der Waals surface area contributed by atoms with Crippen molar-refractivity contribution in [2.24, 2.45) is 5.92 Å². The summed E-state index contributed by atoms with van der Waals surface area (Å²) in [5.74, 6) is -0.847. The Kier molecular flexibility index (Phi) is 10.3. The number of amides is 3. The predicted octanol–water partition coefficient (Wildman–Crippen LogP) is 5.59. The van der Waals surface area contributed by atoms with E-state index in [-0.39, 0.29) is 19.1 Å². The Hall–Kier alpha value is -3.91. The summed E-state index contributed by atoms with van der Waals surface area (Å²) in [6.07, 6.45) is -0.393. The molecule has 2 unspecified atom stereocenters. The van der Waals surface area contributed by atoms with E-state index in [0.717, 1.165) is 16.3 Å². The number of nitrogens with one attached hydrogen (secondary N) is 2. The Morgan fingerprint density at radius 1 is 0.950 bits per heavy atom. The molecular weight excluding hydrogens is 506 g/mol. The van der Waals surface area contributed by atoms with Gasteiger partial charge in [0.1, 0.15) is 17.7 Å². The Morgan fingerprint density at radius 3 is 2.27 bits per heavy atom. The van der Waals surface area contributed by atoms with Gasteiger partial charge in [0.2, 0.25) is 5.91 Å². The van der Waals surface area contributed by atoms with Gasteiger partial charge in [-0.25, -0.2) is 4.79 Å². The Labute approximate surface area is 236 Å². The van der Waals surface area contributed by atoms with Crippen LogP contribution in [-0.2, 0) is 14.3 Å². The van der Waals surface area contributed by atoms with E-state index >= 15 is 0 Å². The number of anilines is 1. The van der Waals surface area contributed by atoms with Crippen molar-refractivity contribution in [3.63, 3.8) is 0 Å². The molecule has 3 N–H and O–H groups in total. The maximum atomic E-state index is 14.1. The van der Waals surface area contributed by atoms with Crippen LogP contribution >= 0.6 is 0 Å². The number of hydrogen-bond donors (Lipinski definition) is 3. The monoisotopic (exact) mass is 547 g/mol. The minimum atomic E-state index is -1.05. The molecule has 0 bridgehead atoms. The van der Waals surface area contributed by atoms with Crippen molar-refractivity contribution in [1.82, 2.24) is 10.2 Å². The van der Waals surface area contributed by atoms with Crippen molar-refractivity contribution in [2.45, 2.75) is 65.6 Å². The number of aryl methyl sites for hydroxylation is 1. The zero-order valence-corrected chi connectivity index (χ0v) is 24.2. The van der Waals surface area contributed by atoms with E-state index in [1.54, 1.807) is 26.8 Å². The van der Waals surface area contributed by atoms with Gasteiger partial charge in [0.15, 0.2) is 0 Å². The van der Waals surface area contributed by atoms with E-state index < -0.39 is 35.6 Å². The molecule has 3 rings (SSSR count). The molecule has 3 aromatic carbocycles. The van der Waals surface area contributed by atoms with E-state index in [0.29, 0.717) is 17.7 Å². The third-order valence-corrected chi connectivity index (χ3v) is 6.26. The highest BCUT2D eigenvalue weighted by atomic mass is 16.6. The van der Waals surface area contributed by atoms with Crippen LogP contribution in [0.2, 0.25) is 0 Å². The zero-order valence-electron chi connectivity index (χ0n) is 24.2. The van der Waals surface area contributed by atoms with Crippen LogP contribution in [-0.4, -0.2) is 52.7 Å². The number of rotatable bonds is 10. The molecule has 0 saturated carbocycles. The van der Waals surface area contributed by atoms with Crippen LogP contribution in [0.4, 0.5) is 10.5 Å². The summed E-state index contributed by atoms with van der Waals surface area (Å²) in [5.41, 5.74) is 1.36. The lowest BCUT2D eigenvalue weighted by Crippen LogP contribution is -2.53. The molecule has 3 aromatic rings. The SMILES string of the molecule is Cc1cccc(C(C(=O)Nc2ccc3ccccc3c2)N(CCO)C(=O)C(CC(C)C)NC(=O)OC(C)(C)C)c1. The van der Waals surface area contributed by atoms with Crippen molar-refractivity contribution in [3.05, 3.63) is 77.9 Å². The second-order valence-corrected chi connectivity index (χ2v) is 11.5. The standard InChI is InChI=1S/C32H41N3O5/c1-21(2)18-27(34-31(39)40-32(4,5)6)30(38)35(16-17-36)28(25-13-9-10-22(3)19-25)29(37)33-26-15-14-23-11-7-8-12-24(23)20-26/h7-15,19-21,27-28,36H,16-18H2,1-6H3,(H,33,37)(H,34,39). The molecule has 8 nitrogen and oxygen atoms in total. The predicted molar refractivity (Wildman–Crippen MR) is 158 cm³/mol. The van der Waals surface area contributed by atoms with Gasteiger partial charge in [0.25, 0.3) is 5.91 Å². The molecule has 40 heavy (non-hydrogen) atoms. The van der Waals surface area contributed by atoms with Gasteiger partial charge in [-0.2, -0.15) is 0 Å². The Morgan fingerprint density at radius 2 is 1.65 bits per heavy atom. The highest BCUT2D eigenvalue weighted by Gasteiger charge is 2.36. The Bertz CT molecular complexity index is 1330. The fraction of sp³-hybridized carbons (Fsp3) is 0.406. The molecule has 0 aliphatic heterocycles. The number of nitrogens with zero attached hydrogens (tertiary/aromatic N) is 1. The first-order valence-electron chi connectivity index (χ1n) is 13.6. The first-order chi connectivity index (χ1) is 18.9. The number of carbonyl (C=O) groups is 3. The molecule has 0 aliphatic rings. The quantitative estimate of drug-likeness (QED) is 0.307. The third kappa shape index (κ3) is 8.55. The molecule has 0 radical (unpaired) electrons. The largest absolute Gasteiger partial charge is 0.444 e. The average molecular weight is 548 g/mol. The molecule has 8 heteroatoms. The number of ether oxygens (including phenoxy) is 1. The van der Waals surface area contributed by atoms with Gasteiger partial charge in [0, 0.05) is 12.2 Å². The molecule has 0 heterocycles. The van der Waals surface area contributed by atoms with Crippen molar-refractivity contribution in [2.75, 3.05) is 18.5 Å². The summed E-state index contributed by atoms with van der Waals surface area (Å²) in [6, 6.07) is 18.8. The van der Waals surface area contributed by atoms with Crippen molar-refractivity contribution >= 4 is 34.4 Å². The van der Waals surface area contributed by atoms with Gasteiger partial charge in [0.05, 0.1) is 6.61 Å². The number of hydrogen-bond acceptors (Lipinski definition) is 5. The lowest BCUT2D eigenvalue weighted by atomic mass is 9.98. The number of aliphatic hydroxyl groups is 1. The molecule has 0 aliphatic carbocycles. The summed E-state index contributed by atoms with van der Waals surface area (Å²) < 4.78 is 5.41. The fourth-order valence-corrected chi connectivity index (χ4v) is 4.61. The second kappa shape index (κ2) is 13.4. The van der Waals surface area contributed by atoms with E-state index in [4.69, 9.17) is 4.74 Å².